The first-order chi connectivity index (χ1) is 12.0. The molecule has 0 bridgehead atoms. The van der Waals surface area contributed by atoms with Crippen LogP contribution in [0.2, 0.25) is 0 Å². The summed E-state index contributed by atoms with van der Waals surface area (Å²) in [5.41, 5.74) is 5.40. The molecule has 2 rings (SSSR count). The summed E-state index contributed by atoms with van der Waals surface area (Å²) in [5, 5.41) is 7.91. The van der Waals surface area contributed by atoms with Crippen molar-refractivity contribution in [3.8, 4) is 0 Å². The molecule has 0 unspecified atom stereocenters. The molecule has 0 spiro atoms. The molecule has 25 heavy (non-hydrogen) atoms. The van der Waals surface area contributed by atoms with Gasteiger partial charge in [-0.3, -0.25) is 0 Å². The van der Waals surface area contributed by atoms with Gasteiger partial charge in [-0.15, -0.1) is 0 Å². The highest BCUT2D eigenvalue weighted by molar-refractivity contribution is 6.17. The van der Waals surface area contributed by atoms with Crippen molar-refractivity contribution >= 4 is 28.5 Å². The van der Waals surface area contributed by atoms with Gasteiger partial charge in [-0.1, -0.05) is 25.6 Å². The molecule has 0 aromatic heterocycles. The summed E-state index contributed by atoms with van der Waals surface area (Å²) in [7, 11) is 1.40. The van der Waals surface area contributed by atoms with Crippen LogP contribution in [-0.4, -0.2) is 31.9 Å². The number of ether oxygens (including phenoxy) is 1. The fourth-order valence-electron chi connectivity index (χ4n) is 3.19. The van der Waals surface area contributed by atoms with Crippen LogP contribution >= 0.6 is 0 Å². The minimum atomic E-state index is -0.330. The van der Waals surface area contributed by atoms with Gasteiger partial charge in [-0.05, 0) is 55.0 Å². The van der Waals surface area contributed by atoms with Crippen LogP contribution in [0.3, 0.4) is 0 Å². The summed E-state index contributed by atoms with van der Waals surface area (Å²) in [6.07, 6.45) is 5.31. The molecule has 0 amide bonds. The Balaban J connectivity index is 2.45. The monoisotopic (exact) mass is 340 g/mol. The quantitative estimate of drug-likeness (QED) is 0.624. The highest BCUT2D eigenvalue weighted by atomic mass is 16.5. The molecule has 0 radical (unpaired) electrons. The van der Waals surface area contributed by atoms with Crippen molar-refractivity contribution in [1.82, 2.24) is 0 Å². The van der Waals surface area contributed by atoms with Gasteiger partial charge in [-0.25, -0.2) is 4.79 Å². The molecule has 134 valence electrons. The van der Waals surface area contributed by atoms with Crippen molar-refractivity contribution in [3.63, 3.8) is 0 Å². The van der Waals surface area contributed by atoms with E-state index >= 15 is 0 Å². The van der Waals surface area contributed by atoms with Crippen molar-refractivity contribution in [2.45, 2.75) is 39.5 Å². The first kappa shape index (κ1) is 19.0. The number of anilines is 1. The maximum atomic E-state index is 12.1. The van der Waals surface area contributed by atoms with Crippen LogP contribution in [0.5, 0.6) is 0 Å². The molecule has 1 aromatic rings. The molecule has 1 aliphatic heterocycles. The maximum absolute atomic E-state index is 12.1. The second-order valence-electron chi connectivity index (χ2n) is 6.33. The molecule has 1 aromatic carbocycles. The normalized spacial score (nSPS) is 15.7. The van der Waals surface area contributed by atoms with Gasteiger partial charge in [0.15, 0.2) is 0 Å². The van der Waals surface area contributed by atoms with E-state index in [-0.39, 0.29) is 5.97 Å². The number of carbonyl (C=O) groups is 1. The van der Waals surface area contributed by atoms with Gasteiger partial charge < -0.3 is 15.0 Å². The van der Waals surface area contributed by atoms with Gasteiger partial charge in [0.25, 0.3) is 0 Å². The Morgan fingerprint density at radius 2 is 2.08 bits per heavy atom. The van der Waals surface area contributed by atoms with Crippen LogP contribution in [0.1, 0.15) is 50.7 Å². The molecule has 4 nitrogen and oxygen atoms in total. The van der Waals surface area contributed by atoms with Gasteiger partial charge in [0.2, 0.25) is 0 Å². The zero-order valence-electron chi connectivity index (χ0n) is 15.5. The van der Waals surface area contributed by atoms with Crippen LogP contribution < -0.4 is 4.90 Å². The van der Waals surface area contributed by atoms with E-state index in [0.717, 1.165) is 66.9 Å². The molecule has 1 fully saturated rings. The molecule has 1 heterocycles. The third kappa shape index (κ3) is 4.38. The van der Waals surface area contributed by atoms with Crippen LogP contribution in [0.25, 0.3) is 11.1 Å². The molecular weight excluding hydrogens is 312 g/mol. The lowest BCUT2D eigenvalue weighted by molar-refractivity contribution is -0.133. The molecule has 0 aliphatic carbocycles. The predicted octanol–water partition coefficient (Wildman–Crippen LogP) is 4.70. The van der Waals surface area contributed by atoms with Crippen molar-refractivity contribution in [3.05, 3.63) is 42.0 Å². The van der Waals surface area contributed by atoms with Crippen LogP contribution in [-0.2, 0) is 9.53 Å². The van der Waals surface area contributed by atoms with Crippen molar-refractivity contribution in [2.24, 2.45) is 0 Å². The summed E-state index contributed by atoms with van der Waals surface area (Å²) in [6.45, 7) is 9.92. The van der Waals surface area contributed by atoms with Gasteiger partial charge in [0.05, 0.1) is 12.7 Å². The largest absolute Gasteiger partial charge is 0.465 e. The Morgan fingerprint density at radius 3 is 2.72 bits per heavy atom. The second-order valence-corrected chi connectivity index (χ2v) is 6.33. The number of rotatable bonds is 5. The number of nitrogens with one attached hydrogen (secondary N) is 1. The summed E-state index contributed by atoms with van der Waals surface area (Å²) in [4.78, 5) is 14.4. The lowest BCUT2D eigenvalue weighted by Crippen LogP contribution is -2.24. The second kappa shape index (κ2) is 8.65. The smallest absolute Gasteiger partial charge is 0.338 e. The molecule has 1 aliphatic rings. The Hall–Kier alpha value is -2.36. The Bertz CT molecular complexity index is 704. The third-order valence-corrected chi connectivity index (χ3v) is 4.75. The highest BCUT2D eigenvalue weighted by Gasteiger charge is 2.19. The number of esters is 1. The Kier molecular flexibility index (Phi) is 6.57. The van der Waals surface area contributed by atoms with E-state index < -0.39 is 0 Å². The van der Waals surface area contributed by atoms with E-state index in [0.29, 0.717) is 5.57 Å². The predicted molar refractivity (Wildman–Crippen MR) is 105 cm³/mol. The topological polar surface area (TPSA) is 53.4 Å². The van der Waals surface area contributed by atoms with Crippen molar-refractivity contribution < 1.29 is 9.53 Å². The van der Waals surface area contributed by atoms with E-state index in [1.807, 2.05) is 13.0 Å². The lowest BCUT2D eigenvalue weighted by atomic mass is 9.93. The van der Waals surface area contributed by atoms with E-state index in [1.165, 1.54) is 7.11 Å². The minimum Gasteiger partial charge on any atom is -0.465 e. The zero-order chi connectivity index (χ0) is 18.4. The number of hydrogen-bond donors (Lipinski definition) is 1. The first-order valence-electron chi connectivity index (χ1n) is 8.90. The summed E-state index contributed by atoms with van der Waals surface area (Å²) >= 11 is 0. The average Bonchev–Trinajstić information content (AvgIpc) is 2.86. The molecule has 0 atom stereocenters. The number of methoxy groups -OCH3 is 1. The van der Waals surface area contributed by atoms with Crippen molar-refractivity contribution in [1.29, 1.82) is 5.41 Å². The zero-order valence-corrected chi connectivity index (χ0v) is 15.5. The van der Waals surface area contributed by atoms with E-state index in [1.54, 1.807) is 6.08 Å². The number of allylic oxidation sites excluding steroid dienone is 2. The van der Waals surface area contributed by atoms with Gasteiger partial charge in [-0.2, -0.15) is 0 Å². The van der Waals surface area contributed by atoms with Gasteiger partial charge >= 0.3 is 5.97 Å². The number of hydrogen-bond acceptors (Lipinski definition) is 4. The van der Waals surface area contributed by atoms with Gasteiger partial charge in [0, 0.05) is 30.9 Å². The molecular formula is C21H28N2O2. The average molecular weight is 340 g/mol. The Labute approximate surface area is 150 Å². The fraction of sp³-hybridized carbons (Fsp3) is 0.429. The molecule has 1 N–H and O–H groups in total. The lowest BCUT2D eigenvalue weighted by Gasteiger charge is -2.24. The summed E-state index contributed by atoms with van der Waals surface area (Å²) in [5.74, 6) is -0.330. The van der Waals surface area contributed by atoms with E-state index in [2.05, 4.69) is 30.5 Å². The minimum absolute atomic E-state index is 0.330. The van der Waals surface area contributed by atoms with E-state index in [9.17, 15) is 4.79 Å². The van der Waals surface area contributed by atoms with Gasteiger partial charge in [0.1, 0.15) is 0 Å². The number of nitrogens with zero attached hydrogens (tertiary/aromatic N) is 1. The molecule has 1 saturated heterocycles. The Morgan fingerprint density at radius 1 is 1.32 bits per heavy atom. The van der Waals surface area contributed by atoms with Crippen molar-refractivity contribution in [2.75, 3.05) is 25.1 Å². The third-order valence-electron chi connectivity index (χ3n) is 4.75. The highest BCUT2D eigenvalue weighted by Crippen LogP contribution is 2.32. The fourth-order valence-corrected chi connectivity index (χ4v) is 3.19. The van der Waals surface area contributed by atoms with Crippen LogP contribution in [0, 0.1) is 5.41 Å². The van der Waals surface area contributed by atoms with E-state index in [4.69, 9.17) is 10.1 Å². The standard InChI is InChI=1S/C21H28N2O2/c1-5-15(3)20-14-17(23-12-7-8-16(22)11-13-23)9-10-19(20)18(6-2)21(24)25-4/h6,9-10,14,22H,3,5,7-8,11-13H2,1-2,4H3/b18-6+,22-16?. The first-order valence-corrected chi connectivity index (χ1v) is 8.90. The van der Waals surface area contributed by atoms with Crippen LogP contribution in [0.4, 0.5) is 5.69 Å². The summed E-state index contributed by atoms with van der Waals surface area (Å²) < 4.78 is 4.93. The number of benzene rings is 1. The van der Waals surface area contributed by atoms with Crippen LogP contribution in [0.15, 0.2) is 30.9 Å². The molecule has 4 heteroatoms. The molecule has 0 saturated carbocycles. The SMILES string of the molecule is C=C(CC)c1cc(N2CCCC(=N)CC2)ccc1/C(=C\C)C(=O)OC. The summed E-state index contributed by atoms with van der Waals surface area (Å²) in [6, 6.07) is 6.18. The number of carbonyl (C=O) groups excluding carboxylic acids is 1. The maximum Gasteiger partial charge on any atom is 0.338 e.